The first-order valence-corrected chi connectivity index (χ1v) is 12.0. The van der Waals surface area contributed by atoms with E-state index in [0.717, 1.165) is 25.7 Å². The Morgan fingerprint density at radius 1 is 1.23 bits per heavy atom. The highest BCUT2D eigenvalue weighted by Crippen LogP contribution is 2.34. The number of rotatable bonds is 3. The average Bonchev–Trinajstić information content (AvgIpc) is 3.32. The molecule has 1 aromatic carbocycles. The topological polar surface area (TPSA) is 115 Å². The lowest BCUT2D eigenvalue weighted by atomic mass is 9.89. The van der Waals surface area contributed by atoms with Crippen molar-refractivity contribution in [2.45, 2.75) is 51.3 Å². The van der Waals surface area contributed by atoms with E-state index in [-0.39, 0.29) is 29.8 Å². The van der Waals surface area contributed by atoms with Gasteiger partial charge in [-0.1, -0.05) is 19.1 Å². The van der Waals surface area contributed by atoms with Gasteiger partial charge in [-0.15, -0.1) is 0 Å². The van der Waals surface area contributed by atoms with Crippen molar-refractivity contribution in [2.24, 2.45) is 5.92 Å². The Kier molecular flexibility index (Phi) is 6.38. The minimum atomic E-state index is -0.795. The Morgan fingerprint density at radius 3 is 2.86 bits per heavy atom. The zero-order chi connectivity index (χ0) is 24.5. The van der Waals surface area contributed by atoms with Crippen molar-refractivity contribution < 1.29 is 18.7 Å². The molecule has 0 saturated carbocycles. The fourth-order valence-electron chi connectivity index (χ4n) is 4.96. The van der Waals surface area contributed by atoms with E-state index in [0.29, 0.717) is 41.7 Å². The molecule has 0 aliphatic carbocycles. The van der Waals surface area contributed by atoms with Crippen molar-refractivity contribution >= 4 is 34.2 Å². The standard InChI is InChI=1S/C25H29FN6O3/c1-15-8-9-20(16-5-4-6-17(26)11-16)31(13-15)25(34)24(33)29-19-12-28-23(27)18-14-32(30-22(18)19)21-7-2-3-10-35-21/h4-6,11-12,14-15,20-21H,2-3,7-10,13H2,1H3,(H2,27,28)(H,29,33)/t15-,20+,21?/m0/s1. The van der Waals surface area contributed by atoms with Gasteiger partial charge in [-0.2, -0.15) is 5.10 Å². The van der Waals surface area contributed by atoms with E-state index in [1.807, 2.05) is 6.92 Å². The lowest BCUT2D eigenvalue weighted by molar-refractivity contribution is -0.146. The number of nitrogens with one attached hydrogen (secondary N) is 1. The lowest BCUT2D eigenvalue weighted by Crippen LogP contribution is -2.46. The summed E-state index contributed by atoms with van der Waals surface area (Å²) in [4.78, 5) is 32.1. The van der Waals surface area contributed by atoms with Crippen LogP contribution >= 0.6 is 0 Å². The fourth-order valence-corrected chi connectivity index (χ4v) is 4.96. The molecule has 1 unspecified atom stereocenters. The zero-order valence-electron chi connectivity index (χ0n) is 19.6. The highest BCUT2D eigenvalue weighted by Gasteiger charge is 2.34. The van der Waals surface area contributed by atoms with E-state index < -0.39 is 11.8 Å². The molecule has 5 rings (SSSR count). The van der Waals surface area contributed by atoms with Crippen molar-refractivity contribution in [3.05, 3.63) is 48.0 Å². The van der Waals surface area contributed by atoms with Crippen LogP contribution in [0.3, 0.4) is 0 Å². The van der Waals surface area contributed by atoms with Crippen LogP contribution in [0.1, 0.15) is 56.9 Å². The van der Waals surface area contributed by atoms with Gasteiger partial charge >= 0.3 is 11.8 Å². The molecule has 3 aromatic rings. The van der Waals surface area contributed by atoms with Gasteiger partial charge in [0.2, 0.25) is 0 Å². The van der Waals surface area contributed by atoms with Crippen LogP contribution in [-0.2, 0) is 14.3 Å². The molecule has 0 radical (unpaired) electrons. The zero-order valence-corrected chi connectivity index (χ0v) is 19.6. The smallest absolute Gasteiger partial charge is 0.314 e. The minimum absolute atomic E-state index is 0.206. The predicted molar refractivity (Wildman–Crippen MR) is 129 cm³/mol. The largest absolute Gasteiger partial charge is 0.383 e. The number of hydrogen-bond acceptors (Lipinski definition) is 6. The first kappa shape index (κ1) is 23.2. The van der Waals surface area contributed by atoms with Crippen LogP contribution in [0, 0.1) is 11.7 Å². The number of ether oxygens (including phenoxy) is 1. The molecule has 3 N–H and O–H groups in total. The summed E-state index contributed by atoms with van der Waals surface area (Å²) in [6.07, 6.45) is 7.38. The summed E-state index contributed by atoms with van der Waals surface area (Å²) in [7, 11) is 0. The second-order valence-corrected chi connectivity index (χ2v) is 9.41. The molecule has 9 nitrogen and oxygen atoms in total. The van der Waals surface area contributed by atoms with Gasteiger partial charge in [-0.05, 0) is 55.7 Å². The third-order valence-electron chi connectivity index (χ3n) is 6.80. The van der Waals surface area contributed by atoms with E-state index in [1.165, 1.54) is 23.2 Å². The van der Waals surface area contributed by atoms with Crippen LogP contribution < -0.4 is 11.1 Å². The van der Waals surface area contributed by atoms with Crippen LogP contribution in [0.4, 0.5) is 15.9 Å². The molecular formula is C25H29FN6O3. The summed E-state index contributed by atoms with van der Waals surface area (Å²) < 4.78 is 21.4. The number of nitrogens with zero attached hydrogens (tertiary/aromatic N) is 4. The van der Waals surface area contributed by atoms with Gasteiger partial charge in [0, 0.05) is 19.3 Å². The number of amides is 2. The monoisotopic (exact) mass is 480 g/mol. The van der Waals surface area contributed by atoms with Crippen molar-refractivity contribution in [1.29, 1.82) is 0 Å². The van der Waals surface area contributed by atoms with Gasteiger partial charge in [-0.25, -0.2) is 14.1 Å². The van der Waals surface area contributed by atoms with Gasteiger partial charge in [-0.3, -0.25) is 9.59 Å². The predicted octanol–water partition coefficient (Wildman–Crippen LogP) is 3.79. The molecule has 0 spiro atoms. The summed E-state index contributed by atoms with van der Waals surface area (Å²) in [6.45, 7) is 3.11. The number of hydrogen-bond donors (Lipinski definition) is 2. The number of benzene rings is 1. The molecule has 3 atom stereocenters. The number of nitrogen functional groups attached to an aromatic ring is 1. The molecule has 184 valence electrons. The maximum Gasteiger partial charge on any atom is 0.314 e. The molecule has 35 heavy (non-hydrogen) atoms. The number of carbonyl (C=O) groups excluding carboxylic acids is 2. The maximum atomic E-state index is 13.9. The highest BCUT2D eigenvalue weighted by atomic mass is 19.1. The SMILES string of the molecule is C[C@H]1CC[C@H](c2cccc(F)c2)N(C(=O)C(=O)Nc2cnc(N)c3cn(C4CCCCO4)nc23)C1. The Bertz CT molecular complexity index is 1260. The molecule has 2 fully saturated rings. The number of piperidine rings is 1. The number of pyridine rings is 1. The number of halogens is 1. The number of likely N-dealkylation sites (tertiary alicyclic amines) is 1. The van der Waals surface area contributed by atoms with E-state index in [1.54, 1.807) is 23.0 Å². The molecule has 2 aliphatic rings. The number of anilines is 2. The van der Waals surface area contributed by atoms with Crippen LogP contribution in [-0.4, -0.2) is 44.6 Å². The minimum Gasteiger partial charge on any atom is -0.383 e. The first-order chi connectivity index (χ1) is 16.9. The summed E-state index contributed by atoms with van der Waals surface area (Å²) in [5.41, 5.74) is 7.49. The van der Waals surface area contributed by atoms with Crippen molar-refractivity contribution in [3.8, 4) is 0 Å². The summed E-state index contributed by atoms with van der Waals surface area (Å²) in [6, 6.07) is 5.83. The Labute approximate surface area is 202 Å². The number of carbonyl (C=O) groups is 2. The second kappa shape index (κ2) is 9.61. The van der Waals surface area contributed by atoms with Gasteiger partial charge < -0.3 is 20.7 Å². The number of aromatic nitrogens is 3. The molecule has 2 aliphatic heterocycles. The van der Waals surface area contributed by atoms with Crippen molar-refractivity contribution in [3.63, 3.8) is 0 Å². The highest BCUT2D eigenvalue weighted by molar-refractivity contribution is 6.40. The molecule has 0 bridgehead atoms. The van der Waals surface area contributed by atoms with Gasteiger partial charge in [0.05, 0.1) is 23.3 Å². The molecule has 10 heteroatoms. The number of nitrogens with two attached hydrogens (primary N) is 1. The van der Waals surface area contributed by atoms with E-state index in [9.17, 15) is 14.0 Å². The van der Waals surface area contributed by atoms with E-state index in [4.69, 9.17) is 10.5 Å². The van der Waals surface area contributed by atoms with Crippen molar-refractivity contribution in [2.75, 3.05) is 24.2 Å². The van der Waals surface area contributed by atoms with Crippen molar-refractivity contribution in [1.82, 2.24) is 19.7 Å². The third kappa shape index (κ3) is 4.70. The molecule has 2 aromatic heterocycles. The van der Waals surface area contributed by atoms with Gasteiger partial charge in [0.15, 0.2) is 0 Å². The quantitative estimate of drug-likeness (QED) is 0.551. The summed E-state index contributed by atoms with van der Waals surface area (Å²) in [5, 5.41) is 7.86. The summed E-state index contributed by atoms with van der Waals surface area (Å²) in [5.74, 6) is -1.33. The van der Waals surface area contributed by atoms with Crippen LogP contribution in [0.15, 0.2) is 36.7 Å². The van der Waals surface area contributed by atoms with Crippen LogP contribution in [0.5, 0.6) is 0 Å². The Balaban J connectivity index is 1.40. The van der Waals surface area contributed by atoms with Gasteiger partial charge in [0.25, 0.3) is 0 Å². The Morgan fingerprint density at radius 2 is 2.09 bits per heavy atom. The molecule has 2 saturated heterocycles. The third-order valence-corrected chi connectivity index (χ3v) is 6.80. The van der Waals surface area contributed by atoms with Crippen LogP contribution in [0.25, 0.3) is 10.9 Å². The Hall–Kier alpha value is -3.53. The summed E-state index contributed by atoms with van der Waals surface area (Å²) >= 11 is 0. The lowest BCUT2D eigenvalue weighted by Gasteiger charge is -2.38. The van der Waals surface area contributed by atoms with Gasteiger partial charge in [0.1, 0.15) is 23.4 Å². The fraction of sp³-hybridized carbons (Fsp3) is 0.440. The normalized spacial score (nSPS) is 22.8. The maximum absolute atomic E-state index is 13.9. The molecule has 2 amide bonds. The second-order valence-electron chi connectivity index (χ2n) is 9.41. The molecular weight excluding hydrogens is 451 g/mol. The van der Waals surface area contributed by atoms with Crippen LogP contribution in [0.2, 0.25) is 0 Å². The van der Waals surface area contributed by atoms with E-state index >= 15 is 0 Å². The number of fused-ring (bicyclic) bond motifs is 1. The van der Waals surface area contributed by atoms with E-state index in [2.05, 4.69) is 15.4 Å². The first-order valence-electron chi connectivity index (χ1n) is 12.0. The molecule has 4 heterocycles. The average molecular weight is 481 g/mol.